The van der Waals surface area contributed by atoms with Gasteiger partial charge in [0.1, 0.15) is 0 Å². The first kappa shape index (κ1) is 21.3. The average molecular weight is 496 g/mol. The number of anilines is 1. The van der Waals surface area contributed by atoms with Crippen LogP contribution in [0.4, 0.5) is 5.69 Å². The SMILES string of the molecule is Cc1ccc(-n2nc(C(=O)Nc3ccc(C)c(Cl)c3)nc2-c2ccc(Br)cc2)cc1C. The van der Waals surface area contributed by atoms with Crippen LogP contribution in [0.2, 0.25) is 5.02 Å². The highest BCUT2D eigenvalue weighted by Crippen LogP contribution is 2.25. The van der Waals surface area contributed by atoms with Crippen molar-refractivity contribution < 1.29 is 4.79 Å². The maximum Gasteiger partial charge on any atom is 0.295 e. The van der Waals surface area contributed by atoms with Crippen molar-refractivity contribution in [2.24, 2.45) is 0 Å². The predicted octanol–water partition coefficient (Wildman–Crippen LogP) is 6.53. The fourth-order valence-corrected chi connectivity index (χ4v) is 3.53. The van der Waals surface area contributed by atoms with E-state index in [4.69, 9.17) is 11.6 Å². The number of rotatable bonds is 4. The second-order valence-electron chi connectivity index (χ2n) is 7.36. The van der Waals surface area contributed by atoms with Gasteiger partial charge in [0.25, 0.3) is 5.91 Å². The standard InChI is InChI=1S/C24H20BrClN4O/c1-14-5-11-20(12-16(14)3)30-23(17-6-8-18(25)9-7-17)28-22(29-30)24(31)27-19-10-4-15(2)21(26)13-19/h4-13H,1-3H3,(H,27,31). The number of amides is 1. The molecule has 0 radical (unpaired) electrons. The zero-order valence-corrected chi connectivity index (χ0v) is 19.6. The Morgan fingerprint density at radius 2 is 1.65 bits per heavy atom. The number of halogens is 2. The number of aromatic nitrogens is 3. The molecule has 4 aromatic rings. The van der Waals surface area contributed by atoms with Gasteiger partial charge in [-0.05, 0) is 73.9 Å². The molecule has 3 aromatic carbocycles. The van der Waals surface area contributed by atoms with Gasteiger partial charge in [-0.2, -0.15) is 0 Å². The first-order valence-corrected chi connectivity index (χ1v) is 10.9. The highest BCUT2D eigenvalue weighted by atomic mass is 79.9. The molecule has 0 aliphatic rings. The van der Waals surface area contributed by atoms with Gasteiger partial charge < -0.3 is 5.32 Å². The molecule has 0 unspecified atom stereocenters. The topological polar surface area (TPSA) is 59.8 Å². The number of carbonyl (C=O) groups is 1. The largest absolute Gasteiger partial charge is 0.319 e. The normalized spacial score (nSPS) is 10.9. The lowest BCUT2D eigenvalue weighted by molar-refractivity contribution is 0.101. The van der Waals surface area contributed by atoms with Gasteiger partial charge in [-0.1, -0.05) is 51.8 Å². The minimum atomic E-state index is -0.402. The summed E-state index contributed by atoms with van der Waals surface area (Å²) in [4.78, 5) is 17.5. The zero-order valence-electron chi connectivity index (χ0n) is 17.3. The van der Waals surface area contributed by atoms with Crippen LogP contribution in [0.5, 0.6) is 0 Å². The summed E-state index contributed by atoms with van der Waals surface area (Å²) >= 11 is 9.64. The molecule has 0 spiro atoms. The van der Waals surface area contributed by atoms with Gasteiger partial charge in [0.05, 0.1) is 5.69 Å². The Balaban J connectivity index is 1.76. The van der Waals surface area contributed by atoms with Crippen molar-refractivity contribution in [3.05, 3.63) is 92.7 Å². The summed E-state index contributed by atoms with van der Waals surface area (Å²) in [6.07, 6.45) is 0. The van der Waals surface area contributed by atoms with Crippen LogP contribution in [0.3, 0.4) is 0 Å². The van der Waals surface area contributed by atoms with Crippen LogP contribution < -0.4 is 5.32 Å². The van der Waals surface area contributed by atoms with E-state index in [1.807, 2.05) is 62.4 Å². The predicted molar refractivity (Wildman–Crippen MR) is 128 cm³/mol. The monoisotopic (exact) mass is 494 g/mol. The molecule has 0 fully saturated rings. The number of nitrogens with one attached hydrogen (secondary N) is 1. The maximum absolute atomic E-state index is 12.9. The average Bonchev–Trinajstić information content (AvgIpc) is 3.19. The minimum Gasteiger partial charge on any atom is -0.319 e. The Bertz CT molecular complexity index is 1280. The van der Waals surface area contributed by atoms with E-state index in [2.05, 4.69) is 38.3 Å². The summed E-state index contributed by atoms with van der Waals surface area (Å²) in [7, 11) is 0. The van der Waals surface area contributed by atoms with E-state index in [0.29, 0.717) is 16.5 Å². The van der Waals surface area contributed by atoms with Crippen molar-refractivity contribution in [1.29, 1.82) is 0 Å². The number of hydrogen-bond acceptors (Lipinski definition) is 3. The third kappa shape index (κ3) is 4.55. The van der Waals surface area contributed by atoms with Crippen molar-refractivity contribution in [1.82, 2.24) is 14.8 Å². The van der Waals surface area contributed by atoms with Gasteiger partial charge in [0, 0.05) is 20.7 Å². The highest BCUT2D eigenvalue weighted by Gasteiger charge is 2.19. The minimum absolute atomic E-state index is 0.0767. The molecular weight excluding hydrogens is 476 g/mol. The molecule has 0 aliphatic heterocycles. The van der Waals surface area contributed by atoms with Crippen LogP contribution in [-0.4, -0.2) is 20.7 Å². The summed E-state index contributed by atoms with van der Waals surface area (Å²) in [6, 6.07) is 19.2. The second kappa shape index (κ2) is 8.65. The molecule has 1 aromatic heterocycles. The molecule has 4 rings (SSSR count). The third-order valence-corrected chi connectivity index (χ3v) is 6.01. The first-order chi connectivity index (χ1) is 14.8. The fraction of sp³-hybridized carbons (Fsp3) is 0.125. The molecule has 0 atom stereocenters. The van der Waals surface area contributed by atoms with Crippen LogP contribution in [0.15, 0.2) is 65.1 Å². The fourth-order valence-electron chi connectivity index (χ4n) is 3.09. The number of benzene rings is 3. The van der Waals surface area contributed by atoms with E-state index in [1.54, 1.807) is 16.8 Å². The van der Waals surface area contributed by atoms with Crippen LogP contribution in [0.1, 0.15) is 27.3 Å². The van der Waals surface area contributed by atoms with Crippen LogP contribution in [0.25, 0.3) is 17.1 Å². The smallest absolute Gasteiger partial charge is 0.295 e. The van der Waals surface area contributed by atoms with Gasteiger partial charge in [-0.25, -0.2) is 9.67 Å². The van der Waals surface area contributed by atoms with Crippen LogP contribution >= 0.6 is 27.5 Å². The van der Waals surface area contributed by atoms with Crippen molar-refractivity contribution in [3.63, 3.8) is 0 Å². The Kier molecular flexibility index (Phi) is 5.94. The molecule has 0 saturated heterocycles. The quantitative estimate of drug-likeness (QED) is 0.350. The number of aryl methyl sites for hydroxylation is 3. The van der Waals surface area contributed by atoms with Crippen molar-refractivity contribution >= 4 is 39.1 Å². The van der Waals surface area contributed by atoms with Crippen molar-refractivity contribution in [3.8, 4) is 17.1 Å². The molecule has 1 N–H and O–H groups in total. The molecule has 0 bridgehead atoms. The van der Waals surface area contributed by atoms with Gasteiger partial charge in [0.15, 0.2) is 5.82 Å². The molecule has 7 heteroatoms. The molecule has 156 valence electrons. The highest BCUT2D eigenvalue weighted by molar-refractivity contribution is 9.10. The lowest BCUT2D eigenvalue weighted by Crippen LogP contribution is -2.14. The summed E-state index contributed by atoms with van der Waals surface area (Å²) in [5.74, 6) is 0.261. The molecule has 1 amide bonds. The number of nitrogens with zero attached hydrogens (tertiary/aromatic N) is 3. The van der Waals surface area contributed by atoms with E-state index in [-0.39, 0.29) is 5.82 Å². The number of carbonyl (C=O) groups excluding carboxylic acids is 1. The Hall–Kier alpha value is -2.96. The Morgan fingerprint density at radius 1 is 0.935 bits per heavy atom. The number of hydrogen-bond donors (Lipinski definition) is 1. The molecule has 5 nitrogen and oxygen atoms in total. The van der Waals surface area contributed by atoms with Gasteiger partial charge in [-0.15, -0.1) is 5.10 Å². The molecule has 1 heterocycles. The van der Waals surface area contributed by atoms with E-state index >= 15 is 0 Å². The van der Waals surface area contributed by atoms with E-state index in [1.165, 1.54) is 5.56 Å². The summed E-state index contributed by atoms with van der Waals surface area (Å²) < 4.78 is 2.66. The zero-order chi connectivity index (χ0) is 22.1. The van der Waals surface area contributed by atoms with Crippen molar-refractivity contribution in [2.45, 2.75) is 20.8 Å². The molecular formula is C24H20BrClN4O. The van der Waals surface area contributed by atoms with Crippen molar-refractivity contribution in [2.75, 3.05) is 5.32 Å². The van der Waals surface area contributed by atoms with Gasteiger partial charge in [0.2, 0.25) is 5.82 Å². The summed E-state index contributed by atoms with van der Waals surface area (Å²) in [5.41, 5.74) is 5.54. The molecule has 31 heavy (non-hydrogen) atoms. The third-order valence-electron chi connectivity index (χ3n) is 5.08. The summed E-state index contributed by atoms with van der Waals surface area (Å²) in [6.45, 7) is 6.01. The van der Waals surface area contributed by atoms with E-state index in [9.17, 15) is 4.79 Å². The van der Waals surface area contributed by atoms with E-state index < -0.39 is 5.91 Å². The first-order valence-electron chi connectivity index (χ1n) is 9.70. The molecule has 0 saturated carbocycles. The second-order valence-corrected chi connectivity index (χ2v) is 8.69. The lowest BCUT2D eigenvalue weighted by Gasteiger charge is -2.08. The van der Waals surface area contributed by atoms with Crippen LogP contribution in [-0.2, 0) is 0 Å². The maximum atomic E-state index is 12.9. The van der Waals surface area contributed by atoms with Gasteiger partial charge in [-0.3, -0.25) is 4.79 Å². The lowest BCUT2D eigenvalue weighted by atomic mass is 10.1. The Morgan fingerprint density at radius 3 is 2.32 bits per heavy atom. The van der Waals surface area contributed by atoms with Gasteiger partial charge >= 0.3 is 0 Å². The Labute approximate surface area is 194 Å². The molecule has 0 aliphatic carbocycles. The summed E-state index contributed by atoms with van der Waals surface area (Å²) in [5, 5.41) is 7.95. The van der Waals surface area contributed by atoms with Crippen LogP contribution in [0, 0.1) is 20.8 Å². The van der Waals surface area contributed by atoms with E-state index in [0.717, 1.165) is 26.9 Å².